The Bertz CT molecular complexity index is 3730. The molecule has 3 saturated heterocycles. The van der Waals surface area contributed by atoms with E-state index in [1.54, 1.807) is 12.1 Å². The van der Waals surface area contributed by atoms with Crippen LogP contribution >= 0.6 is 9.39 Å². The number of hydrogen-bond donors (Lipinski definition) is 9. The number of aryl methyl sites for hydroxylation is 1. The van der Waals surface area contributed by atoms with Crippen molar-refractivity contribution in [1.29, 1.82) is 0 Å². The molecule has 0 aliphatic carbocycles. The van der Waals surface area contributed by atoms with E-state index >= 15 is 0 Å². The van der Waals surface area contributed by atoms with Crippen LogP contribution in [-0.2, 0) is 54.5 Å². The first-order chi connectivity index (χ1) is 41.4. The van der Waals surface area contributed by atoms with E-state index in [0.29, 0.717) is 43.0 Å². The van der Waals surface area contributed by atoms with Gasteiger partial charge in [0.05, 0.1) is 18.4 Å². The van der Waals surface area contributed by atoms with Crippen molar-refractivity contribution in [2.45, 2.75) is 145 Å². The average molecular weight is 1230 g/mol. The number of likely N-dealkylation sites (N-methyl/N-ethyl adjacent to an activating group) is 1. The van der Waals surface area contributed by atoms with Gasteiger partial charge in [-0.05, 0) is 127 Å². The van der Waals surface area contributed by atoms with E-state index in [9.17, 15) is 51.6 Å². The molecule has 24 heteroatoms. The van der Waals surface area contributed by atoms with Crippen LogP contribution in [0.25, 0.3) is 21.5 Å². The van der Waals surface area contributed by atoms with Crippen molar-refractivity contribution in [3.63, 3.8) is 0 Å². The number of anilines is 1. The maximum Gasteiger partial charge on any atom is 0.305 e. The van der Waals surface area contributed by atoms with Crippen LogP contribution in [0.2, 0.25) is 0 Å². The number of nitrogens with two attached hydrogens (primary N) is 1. The molecular weight excluding hydrogens is 1150 g/mol. The second kappa shape index (κ2) is 26.1. The summed E-state index contributed by atoms with van der Waals surface area (Å²) in [5, 5.41) is 29.2. The monoisotopic (exact) mass is 1230 g/mol. The predicted octanol–water partition coefficient (Wildman–Crippen LogP) is 4.94. The zero-order chi connectivity index (χ0) is 62.7. The third-order valence-corrected chi connectivity index (χ3v) is 18.9. The molecule has 1 unspecified atom stereocenters. The summed E-state index contributed by atoms with van der Waals surface area (Å²) in [5.74, 6) is -6.08. The zero-order valence-electron chi connectivity index (χ0n) is 49.9. The molecular formula is C63H79N11O11PS+. The average Bonchev–Trinajstić information content (AvgIpc) is 1.62. The first-order valence-corrected chi connectivity index (χ1v) is 31.7. The highest BCUT2D eigenvalue weighted by molar-refractivity contribution is 7.86. The molecule has 9 rings (SSSR count). The Kier molecular flexibility index (Phi) is 19.1. The smallest absolute Gasteiger partial charge is 0.305 e. The predicted molar refractivity (Wildman–Crippen MR) is 336 cm³/mol. The Morgan fingerprint density at radius 2 is 1.59 bits per heavy atom. The molecule has 2 bridgehead atoms. The molecule has 5 aliphatic heterocycles. The highest BCUT2D eigenvalue weighted by atomic mass is 32.2. The van der Waals surface area contributed by atoms with E-state index in [-0.39, 0.29) is 61.0 Å². The molecule has 4 aromatic carbocycles. The van der Waals surface area contributed by atoms with Gasteiger partial charge in [-0.1, -0.05) is 68.5 Å². The lowest BCUT2D eigenvalue weighted by Gasteiger charge is -2.42. The van der Waals surface area contributed by atoms with Crippen LogP contribution in [0.3, 0.4) is 0 Å². The van der Waals surface area contributed by atoms with Gasteiger partial charge in [0.25, 0.3) is 10.1 Å². The summed E-state index contributed by atoms with van der Waals surface area (Å²) in [7, 11) is -2.34. The Labute approximate surface area is 509 Å². The molecule has 6 amide bonds. The van der Waals surface area contributed by atoms with E-state index in [0.717, 1.165) is 23.5 Å². The minimum atomic E-state index is -4.56. The molecule has 0 radical (unpaired) electrons. The van der Waals surface area contributed by atoms with Crippen LogP contribution in [0, 0.1) is 12.8 Å². The van der Waals surface area contributed by atoms with Crippen LogP contribution in [0.4, 0.5) is 11.4 Å². The molecule has 4 aromatic rings. The van der Waals surface area contributed by atoms with Crippen LogP contribution in [0.5, 0.6) is 0 Å². The molecule has 87 heavy (non-hydrogen) atoms. The number of amides is 6. The number of carbonyl (C=O) groups is 7. The Morgan fingerprint density at radius 3 is 2.31 bits per heavy atom. The molecule has 0 aromatic heterocycles. The summed E-state index contributed by atoms with van der Waals surface area (Å²) in [5.41, 5.74) is 12.4. The normalized spacial score (nSPS) is 23.6. The van der Waals surface area contributed by atoms with Gasteiger partial charge >= 0.3 is 5.97 Å². The minimum absolute atomic E-state index is 0.0524. The molecule has 462 valence electrons. The zero-order valence-corrected chi connectivity index (χ0v) is 51.9. The second-order valence-electron chi connectivity index (χ2n) is 24.0. The van der Waals surface area contributed by atoms with Gasteiger partial charge in [-0.3, -0.25) is 43.1 Å². The number of aliphatic imine (C=N–C) groups is 1. The fourth-order valence-corrected chi connectivity index (χ4v) is 14.4. The van der Waals surface area contributed by atoms with Gasteiger partial charge in [-0.2, -0.15) is 13.0 Å². The summed E-state index contributed by atoms with van der Waals surface area (Å²) in [4.78, 5) is 103. The lowest BCUT2D eigenvalue weighted by molar-refractivity contribution is -0.438. The summed E-state index contributed by atoms with van der Waals surface area (Å²) >= 11 is 0. The quantitative estimate of drug-likeness (QED) is 0.0121. The van der Waals surface area contributed by atoms with E-state index in [2.05, 4.69) is 146 Å². The van der Waals surface area contributed by atoms with Crippen molar-refractivity contribution in [2.75, 3.05) is 37.6 Å². The van der Waals surface area contributed by atoms with Crippen LogP contribution < -0.4 is 42.3 Å². The Balaban J connectivity index is 0.921. The van der Waals surface area contributed by atoms with Gasteiger partial charge in [-0.25, -0.2) is 0 Å². The van der Waals surface area contributed by atoms with E-state index in [1.807, 2.05) is 24.3 Å². The van der Waals surface area contributed by atoms with Gasteiger partial charge in [0.1, 0.15) is 35.6 Å². The van der Waals surface area contributed by atoms with Crippen LogP contribution in [0.1, 0.15) is 109 Å². The molecule has 5 heterocycles. The van der Waals surface area contributed by atoms with Gasteiger partial charge in [0.15, 0.2) is 11.7 Å². The number of rotatable bonds is 18. The first kappa shape index (κ1) is 63.5. The van der Waals surface area contributed by atoms with Gasteiger partial charge < -0.3 is 52.3 Å². The van der Waals surface area contributed by atoms with E-state index in [1.165, 1.54) is 44.3 Å². The number of carbonyl (C=O) groups excluding carboxylic acids is 6. The Morgan fingerprint density at radius 1 is 0.851 bits per heavy atom. The summed E-state index contributed by atoms with van der Waals surface area (Å²) in [6, 6.07) is 13.7. The van der Waals surface area contributed by atoms with Crippen LogP contribution in [0.15, 0.2) is 107 Å². The number of carboxylic acid groups (broad SMARTS) is 1. The topological polar surface area (TPSA) is 314 Å². The highest BCUT2D eigenvalue weighted by Crippen LogP contribution is 2.51. The van der Waals surface area contributed by atoms with Crippen molar-refractivity contribution in [3.8, 4) is 0 Å². The lowest BCUT2D eigenvalue weighted by Crippen LogP contribution is -2.65. The Hall–Kier alpha value is -8.01. The fourth-order valence-electron chi connectivity index (χ4n) is 13.6. The fraction of sp³-hybridized carbons (Fsp3) is 0.444. The van der Waals surface area contributed by atoms with Crippen molar-refractivity contribution >= 4 is 106 Å². The third-order valence-electron chi connectivity index (χ3n) is 17.7. The molecule has 5 aliphatic rings. The SMILES string of the molecule is CCN1C(=CC=CC=CC2=[N+](CCCCC(=O)NC[C@@H]3C[C@@H]4CC[C@H]5C(=O)N[C@@H](CCCN=C(N)NP)C(=O)NCC(=O)N[C@@H](CC(=O)O)C(=O)N[C@H]3C(=O)N45)c3ccc4c(S(=O)(=O)O)cccc4c3C2(C)C)C(C)(C)c2c1ccc1c(C)cccc21. The molecule has 7 atom stereocenters. The molecule has 3 fully saturated rings. The second-order valence-corrected chi connectivity index (χ2v) is 25.7. The van der Waals surface area contributed by atoms with Crippen molar-refractivity contribution in [1.82, 2.24) is 36.6 Å². The van der Waals surface area contributed by atoms with E-state index < -0.39 is 100 Å². The van der Waals surface area contributed by atoms with Gasteiger partial charge in [-0.15, -0.1) is 0 Å². The highest BCUT2D eigenvalue weighted by Gasteiger charge is 2.51. The number of benzene rings is 4. The maximum atomic E-state index is 14.7. The molecule has 22 nitrogen and oxygen atoms in total. The number of hydrogen-bond acceptors (Lipinski definition) is 11. The number of unbranched alkanes of at least 4 members (excludes halogenated alkanes) is 1. The minimum Gasteiger partial charge on any atom is -0.481 e. The summed E-state index contributed by atoms with van der Waals surface area (Å²) < 4.78 is 37.7. The number of allylic oxidation sites excluding steroid dienone is 6. The number of nitrogens with one attached hydrogen (secondary N) is 6. The van der Waals surface area contributed by atoms with Gasteiger partial charge in [0, 0.05) is 84.3 Å². The van der Waals surface area contributed by atoms with Crippen LogP contribution in [-0.4, -0.2) is 144 Å². The van der Waals surface area contributed by atoms with Crippen molar-refractivity contribution in [2.24, 2.45) is 16.6 Å². The lowest BCUT2D eigenvalue weighted by atomic mass is 9.79. The number of guanidine groups is 1. The standard InChI is InChI=1S/C63H78N11O11PS/c1-7-72-45-28-25-39-36(2)16-13-17-41(39)54(45)62(3,4)49(72)21-9-8-10-22-50-63(5,6)55-42-18-14-20-48(87(83,84)85)40(42)26-29-46(55)73(50)31-12-11-23-51(75)66-34-37-32-38-24-27-47-59(81)69-43(19-15-30-65-61(64)71-86)57(79)67-35-52(76)68-44(33-53(77)78)58(80)70-56(37)60(82)74(38)47/h8-10,13-14,16-18,20-22,25-26,28-29,37-38,43-44,47,56H,7,11-12,15,19,23-24,27,30-35,86H2,1-6H3,(H9-,64,65,66,67,68,69,70,71,75,76,77,78,79,80,81,83,84,85)/p+1/t37-,38-,43-,44-,47-,56+/m0/s1. The number of fused-ring (bicyclic) bond motifs is 7. The van der Waals surface area contributed by atoms with Crippen molar-refractivity contribution in [3.05, 3.63) is 113 Å². The number of nitrogens with zero attached hydrogens (tertiary/aromatic N) is 4. The summed E-state index contributed by atoms with van der Waals surface area (Å²) in [6.07, 6.45) is 11.8. The van der Waals surface area contributed by atoms with Gasteiger partial charge in [0.2, 0.25) is 41.1 Å². The molecule has 10 N–H and O–H groups in total. The largest absolute Gasteiger partial charge is 0.481 e. The summed E-state index contributed by atoms with van der Waals surface area (Å²) in [6.45, 7) is 13.8. The number of carboxylic acids is 1. The molecule has 0 spiro atoms. The number of piperidine rings is 1. The number of aliphatic carboxylic acids is 1. The van der Waals surface area contributed by atoms with E-state index in [4.69, 9.17) is 5.73 Å². The molecule has 0 saturated carbocycles. The third kappa shape index (κ3) is 13.2. The van der Waals surface area contributed by atoms with Crippen molar-refractivity contribution < 1.29 is 56.2 Å². The first-order valence-electron chi connectivity index (χ1n) is 29.7. The maximum absolute atomic E-state index is 14.7.